The van der Waals surface area contributed by atoms with Gasteiger partial charge in [0, 0.05) is 12.8 Å². The Morgan fingerprint density at radius 3 is 2.27 bits per heavy atom. The summed E-state index contributed by atoms with van der Waals surface area (Å²) in [6.07, 6.45) is 1.17. The molecule has 66 valence electrons. The second-order valence-electron chi connectivity index (χ2n) is 3.60. The number of Topliss-reactive ketones (excluding diaryl/α,β-unsaturated/α-hetero) is 1. The van der Waals surface area contributed by atoms with E-state index in [1.807, 2.05) is 27.7 Å². The molecule has 0 saturated heterocycles. The van der Waals surface area contributed by atoms with Crippen LogP contribution in [0.4, 0.5) is 0 Å². The van der Waals surface area contributed by atoms with Crippen LogP contribution in [-0.2, 0) is 9.53 Å². The van der Waals surface area contributed by atoms with Gasteiger partial charge in [-0.05, 0) is 20.8 Å². The van der Waals surface area contributed by atoms with Crippen molar-refractivity contribution in [3.8, 4) is 0 Å². The zero-order valence-corrected chi connectivity index (χ0v) is 7.94. The highest BCUT2D eigenvalue weighted by Gasteiger charge is 2.09. The maximum atomic E-state index is 10.8. The Labute approximate surface area is 68.9 Å². The Hall–Kier alpha value is -0.370. The minimum atomic E-state index is -0.117. The topological polar surface area (TPSA) is 26.3 Å². The van der Waals surface area contributed by atoms with Crippen LogP contribution in [0.1, 0.15) is 40.5 Å². The molecule has 0 bridgehead atoms. The molecule has 0 unspecified atom stereocenters. The summed E-state index contributed by atoms with van der Waals surface area (Å²) in [5.41, 5.74) is -0.117. The van der Waals surface area contributed by atoms with E-state index in [4.69, 9.17) is 4.74 Å². The summed E-state index contributed by atoms with van der Waals surface area (Å²) in [7, 11) is 0. The van der Waals surface area contributed by atoms with E-state index in [0.717, 1.165) is 0 Å². The molecule has 0 fully saturated rings. The lowest BCUT2D eigenvalue weighted by molar-refractivity contribution is -0.120. The van der Waals surface area contributed by atoms with Crippen molar-refractivity contribution in [3.05, 3.63) is 0 Å². The molecule has 0 rings (SSSR count). The smallest absolute Gasteiger partial charge is 0.134 e. The molecule has 0 atom stereocenters. The van der Waals surface area contributed by atoms with Gasteiger partial charge in [0.05, 0.1) is 12.2 Å². The minimum absolute atomic E-state index is 0.117. The van der Waals surface area contributed by atoms with Gasteiger partial charge >= 0.3 is 0 Å². The fourth-order valence-corrected chi connectivity index (χ4v) is 0.648. The van der Waals surface area contributed by atoms with Gasteiger partial charge in [-0.3, -0.25) is 4.79 Å². The summed E-state index contributed by atoms with van der Waals surface area (Å²) in [6.45, 7) is 8.39. The molecular weight excluding hydrogens is 140 g/mol. The number of ketones is 1. The predicted molar refractivity (Wildman–Crippen MR) is 45.6 cm³/mol. The van der Waals surface area contributed by atoms with E-state index in [1.54, 1.807) is 0 Å². The summed E-state index contributed by atoms with van der Waals surface area (Å²) in [5.74, 6) is 0.272. The van der Waals surface area contributed by atoms with E-state index in [0.29, 0.717) is 19.4 Å². The summed E-state index contributed by atoms with van der Waals surface area (Å²) < 4.78 is 5.38. The molecule has 0 aliphatic rings. The lowest BCUT2D eigenvalue weighted by Crippen LogP contribution is -2.20. The summed E-state index contributed by atoms with van der Waals surface area (Å²) in [6, 6.07) is 0. The van der Waals surface area contributed by atoms with Gasteiger partial charge in [-0.1, -0.05) is 6.92 Å². The predicted octanol–water partition coefficient (Wildman–Crippen LogP) is 2.17. The molecule has 0 aromatic rings. The summed E-state index contributed by atoms with van der Waals surface area (Å²) >= 11 is 0. The monoisotopic (exact) mass is 158 g/mol. The number of carbonyl (C=O) groups is 1. The first kappa shape index (κ1) is 10.6. The lowest BCUT2D eigenvalue weighted by Gasteiger charge is -2.18. The first-order valence-electron chi connectivity index (χ1n) is 4.11. The molecule has 0 spiro atoms. The van der Waals surface area contributed by atoms with Gasteiger partial charge in [-0.25, -0.2) is 0 Å². The average Bonchev–Trinajstić information content (AvgIpc) is 1.85. The molecule has 0 heterocycles. The molecule has 11 heavy (non-hydrogen) atoms. The standard InChI is InChI=1S/C9H18O2/c1-5-8(10)6-7-11-9(2,3)4/h5-7H2,1-4H3. The lowest BCUT2D eigenvalue weighted by atomic mass is 10.2. The molecule has 0 aromatic carbocycles. The van der Waals surface area contributed by atoms with Gasteiger partial charge in [-0.2, -0.15) is 0 Å². The van der Waals surface area contributed by atoms with Crippen LogP contribution in [0.2, 0.25) is 0 Å². The normalized spacial score (nSPS) is 11.6. The summed E-state index contributed by atoms with van der Waals surface area (Å²) in [5, 5.41) is 0. The first-order chi connectivity index (χ1) is 4.95. The van der Waals surface area contributed by atoms with Crippen LogP contribution < -0.4 is 0 Å². The number of rotatable bonds is 4. The van der Waals surface area contributed by atoms with Crippen molar-refractivity contribution in [3.63, 3.8) is 0 Å². The van der Waals surface area contributed by atoms with Crippen LogP contribution in [0.3, 0.4) is 0 Å². The third-order valence-corrected chi connectivity index (χ3v) is 1.31. The zero-order valence-electron chi connectivity index (χ0n) is 7.94. The SMILES string of the molecule is CCC(=O)CCOC(C)(C)C. The molecule has 2 heteroatoms. The molecule has 0 saturated carbocycles. The number of hydrogen-bond donors (Lipinski definition) is 0. The molecule has 2 nitrogen and oxygen atoms in total. The van der Waals surface area contributed by atoms with Crippen molar-refractivity contribution in [1.29, 1.82) is 0 Å². The molecule has 0 aliphatic carbocycles. The second kappa shape index (κ2) is 4.50. The maximum absolute atomic E-state index is 10.8. The van der Waals surface area contributed by atoms with Gasteiger partial charge in [-0.15, -0.1) is 0 Å². The van der Waals surface area contributed by atoms with Gasteiger partial charge in [0.1, 0.15) is 5.78 Å². The Balaban J connectivity index is 3.35. The van der Waals surface area contributed by atoms with Crippen LogP contribution in [0.25, 0.3) is 0 Å². The van der Waals surface area contributed by atoms with Crippen molar-refractivity contribution in [2.75, 3.05) is 6.61 Å². The van der Waals surface area contributed by atoms with Crippen LogP contribution in [0.15, 0.2) is 0 Å². The van der Waals surface area contributed by atoms with E-state index in [1.165, 1.54) is 0 Å². The molecule has 0 aliphatic heterocycles. The highest BCUT2D eigenvalue weighted by Crippen LogP contribution is 2.07. The van der Waals surface area contributed by atoms with Crippen molar-refractivity contribution < 1.29 is 9.53 Å². The third kappa shape index (κ3) is 7.53. The quantitative estimate of drug-likeness (QED) is 0.626. The van der Waals surface area contributed by atoms with E-state index >= 15 is 0 Å². The molecule has 0 aromatic heterocycles. The van der Waals surface area contributed by atoms with Crippen molar-refractivity contribution in [1.82, 2.24) is 0 Å². The molecular formula is C9H18O2. The minimum Gasteiger partial charge on any atom is -0.375 e. The maximum Gasteiger partial charge on any atom is 0.134 e. The Morgan fingerprint density at radius 1 is 1.36 bits per heavy atom. The second-order valence-corrected chi connectivity index (χ2v) is 3.60. The fourth-order valence-electron chi connectivity index (χ4n) is 0.648. The number of hydrogen-bond acceptors (Lipinski definition) is 2. The van der Waals surface area contributed by atoms with Gasteiger partial charge in [0.15, 0.2) is 0 Å². The Kier molecular flexibility index (Phi) is 4.34. The van der Waals surface area contributed by atoms with Gasteiger partial charge in [0.2, 0.25) is 0 Å². The number of carbonyl (C=O) groups excluding carboxylic acids is 1. The average molecular weight is 158 g/mol. The number of ether oxygens (including phenoxy) is 1. The highest BCUT2D eigenvalue weighted by molar-refractivity contribution is 5.78. The van der Waals surface area contributed by atoms with E-state index in [2.05, 4.69) is 0 Å². The molecule has 0 amide bonds. The Bertz CT molecular complexity index is 122. The largest absolute Gasteiger partial charge is 0.375 e. The van der Waals surface area contributed by atoms with E-state index in [-0.39, 0.29) is 11.4 Å². The van der Waals surface area contributed by atoms with Crippen LogP contribution in [0, 0.1) is 0 Å². The summed E-state index contributed by atoms with van der Waals surface area (Å²) in [4.78, 5) is 10.8. The molecule has 0 N–H and O–H groups in total. The van der Waals surface area contributed by atoms with E-state index < -0.39 is 0 Å². The van der Waals surface area contributed by atoms with Crippen molar-refractivity contribution in [2.24, 2.45) is 0 Å². The molecule has 0 radical (unpaired) electrons. The van der Waals surface area contributed by atoms with Crippen LogP contribution in [-0.4, -0.2) is 18.0 Å². The fraction of sp³-hybridized carbons (Fsp3) is 0.889. The third-order valence-electron chi connectivity index (χ3n) is 1.31. The van der Waals surface area contributed by atoms with Crippen LogP contribution in [0.5, 0.6) is 0 Å². The zero-order chi connectivity index (χ0) is 8.91. The van der Waals surface area contributed by atoms with Gasteiger partial charge in [0.25, 0.3) is 0 Å². The van der Waals surface area contributed by atoms with Crippen molar-refractivity contribution in [2.45, 2.75) is 46.1 Å². The van der Waals surface area contributed by atoms with E-state index in [9.17, 15) is 4.79 Å². The highest BCUT2D eigenvalue weighted by atomic mass is 16.5. The van der Waals surface area contributed by atoms with Crippen LogP contribution >= 0.6 is 0 Å². The van der Waals surface area contributed by atoms with Crippen molar-refractivity contribution >= 4 is 5.78 Å². The Morgan fingerprint density at radius 2 is 1.91 bits per heavy atom. The first-order valence-corrected chi connectivity index (χ1v) is 4.11. The van der Waals surface area contributed by atoms with Gasteiger partial charge < -0.3 is 4.74 Å².